The van der Waals surface area contributed by atoms with Gasteiger partial charge in [-0.05, 0) is 57.1 Å². The second kappa shape index (κ2) is 6.89. The number of carbonyl (C=O) groups is 1. The van der Waals surface area contributed by atoms with Crippen molar-refractivity contribution in [1.82, 2.24) is 4.90 Å². The van der Waals surface area contributed by atoms with Crippen LogP contribution < -0.4 is 0 Å². The van der Waals surface area contributed by atoms with E-state index in [1.54, 1.807) is 30.3 Å². The average molecular weight is 284 g/mol. The highest BCUT2D eigenvalue weighted by Gasteiger charge is 2.36. The summed E-state index contributed by atoms with van der Waals surface area (Å²) in [6.45, 7) is -10.5. The van der Waals surface area contributed by atoms with Crippen LogP contribution in [0.3, 0.4) is 0 Å². The van der Waals surface area contributed by atoms with Crippen LogP contribution in [-0.4, -0.2) is 37.5 Å². The molecule has 0 bridgehead atoms. The lowest BCUT2D eigenvalue weighted by Crippen LogP contribution is -2.40. The topological polar surface area (TPSA) is 29.5 Å². The van der Waals surface area contributed by atoms with E-state index in [9.17, 15) is 4.79 Å². The van der Waals surface area contributed by atoms with Crippen LogP contribution in [0.4, 0.5) is 0 Å². The molecule has 1 aromatic carbocycles. The number of benzene rings is 1. The zero-order chi connectivity index (χ0) is 22.3. The van der Waals surface area contributed by atoms with Gasteiger partial charge in [0.05, 0.1) is 15.7 Å². The Kier molecular flexibility index (Phi) is 2.44. The number of piperidine rings is 1. The molecule has 1 fully saturated rings. The highest BCUT2D eigenvalue weighted by Crippen LogP contribution is 2.38. The Bertz CT molecular complexity index is 716. The maximum atomic E-state index is 12.5. The van der Waals surface area contributed by atoms with Gasteiger partial charge in [-0.15, -0.1) is 0 Å². The number of hydrogen-bond acceptors (Lipinski definition) is 3. The predicted molar refractivity (Wildman–Crippen MR) is 80.6 cm³/mol. The third-order valence-electron chi connectivity index (χ3n) is 3.49. The van der Waals surface area contributed by atoms with Crippen molar-refractivity contribution in [2.75, 3.05) is 26.6 Å². The van der Waals surface area contributed by atoms with Crippen molar-refractivity contribution in [2.45, 2.75) is 32.5 Å². The Morgan fingerprint density at radius 1 is 1.45 bits per heavy atom. The molecule has 0 amide bonds. The molecule has 0 unspecified atom stereocenters. The SMILES string of the molecule is [2H]C1([2H])CC(CC(=O)OC([2H])([2H])C([2H])([2H])[2H])(Cc2ccccc2)CC([2H])([2H])N1C. The highest BCUT2D eigenvalue weighted by molar-refractivity contribution is 5.70. The molecular formula is C17H25NO2. The fraction of sp³-hybridized carbons (Fsp3) is 0.588. The third-order valence-corrected chi connectivity index (χ3v) is 3.49. The molecule has 1 aliphatic rings. The van der Waals surface area contributed by atoms with Gasteiger partial charge in [-0.1, -0.05) is 30.3 Å². The van der Waals surface area contributed by atoms with E-state index in [1.807, 2.05) is 0 Å². The van der Waals surface area contributed by atoms with E-state index in [0.29, 0.717) is 0 Å². The molecule has 110 valence electrons. The standard InChI is InChI=1S/C17H25NO2/c1-3-20-16(19)14-17(9-11-18(2)12-10-17)13-15-7-5-4-6-8-15/h4-8H,3,9-14H2,1-2H3/i1D3,3D2,11D2,12D2. The minimum Gasteiger partial charge on any atom is -0.466 e. The van der Waals surface area contributed by atoms with Crippen LogP contribution >= 0.6 is 0 Å². The predicted octanol–water partition coefficient (Wildman–Crippen LogP) is 2.89. The lowest BCUT2D eigenvalue weighted by Gasteiger charge is -2.40. The van der Waals surface area contributed by atoms with E-state index in [2.05, 4.69) is 4.74 Å². The van der Waals surface area contributed by atoms with Crippen LogP contribution in [0.2, 0.25) is 0 Å². The van der Waals surface area contributed by atoms with E-state index >= 15 is 0 Å². The quantitative estimate of drug-likeness (QED) is 0.779. The minimum absolute atomic E-state index is 0.159. The van der Waals surface area contributed by atoms with Crippen molar-refractivity contribution >= 4 is 5.97 Å². The molecule has 3 nitrogen and oxygen atoms in total. The Morgan fingerprint density at radius 3 is 2.80 bits per heavy atom. The van der Waals surface area contributed by atoms with Crippen molar-refractivity contribution < 1.29 is 21.9 Å². The van der Waals surface area contributed by atoms with Gasteiger partial charge in [0.2, 0.25) is 0 Å². The molecule has 0 N–H and O–H groups in total. The first-order chi connectivity index (χ1) is 13.0. The number of rotatable bonds is 5. The molecular weight excluding hydrogens is 250 g/mol. The molecule has 1 aliphatic heterocycles. The van der Waals surface area contributed by atoms with Crippen molar-refractivity contribution in [1.29, 1.82) is 0 Å². The summed E-state index contributed by atoms with van der Waals surface area (Å²) in [5.41, 5.74) is -0.460. The first-order valence-electron chi connectivity index (χ1n) is 11.0. The van der Waals surface area contributed by atoms with Gasteiger partial charge < -0.3 is 9.64 Å². The van der Waals surface area contributed by atoms with Gasteiger partial charge in [0.15, 0.2) is 0 Å². The van der Waals surface area contributed by atoms with E-state index in [-0.39, 0.29) is 19.3 Å². The fourth-order valence-electron chi connectivity index (χ4n) is 2.43. The van der Waals surface area contributed by atoms with Crippen LogP contribution in [0.25, 0.3) is 0 Å². The van der Waals surface area contributed by atoms with Crippen LogP contribution in [-0.2, 0) is 16.0 Å². The van der Waals surface area contributed by atoms with Crippen molar-refractivity contribution in [2.24, 2.45) is 5.41 Å². The first-order valence-corrected chi connectivity index (χ1v) is 6.50. The zero-order valence-electron chi connectivity index (χ0n) is 20.5. The minimum atomic E-state index is -3.19. The van der Waals surface area contributed by atoms with Crippen molar-refractivity contribution in [3.05, 3.63) is 35.9 Å². The zero-order valence-corrected chi connectivity index (χ0v) is 11.5. The van der Waals surface area contributed by atoms with Gasteiger partial charge in [0.1, 0.15) is 0 Å². The molecule has 0 saturated carbocycles. The Labute approximate surface area is 134 Å². The molecule has 0 aliphatic carbocycles. The Balaban J connectivity index is 2.37. The second-order valence-electron chi connectivity index (χ2n) is 5.14. The number of likely N-dealkylation sites (tertiary alicyclic amines) is 1. The van der Waals surface area contributed by atoms with Gasteiger partial charge in [-0.2, -0.15) is 0 Å². The van der Waals surface area contributed by atoms with Crippen LogP contribution in [0.5, 0.6) is 0 Å². The fourth-order valence-corrected chi connectivity index (χ4v) is 2.43. The largest absolute Gasteiger partial charge is 0.466 e. The molecule has 1 saturated heterocycles. The smallest absolute Gasteiger partial charge is 0.306 e. The summed E-state index contributed by atoms with van der Waals surface area (Å²) in [5.74, 6) is -1.14. The summed E-state index contributed by atoms with van der Waals surface area (Å²) >= 11 is 0. The Morgan fingerprint density at radius 2 is 2.15 bits per heavy atom. The van der Waals surface area contributed by atoms with Crippen LogP contribution in [0, 0.1) is 5.41 Å². The molecule has 3 heteroatoms. The number of carbonyl (C=O) groups excluding carboxylic acids is 1. The maximum Gasteiger partial charge on any atom is 0.306 e. The summed E-state index contributed by atoms with van der Waals surface area (Å²) in [4.78, 5) is 13.5. The number of nitrogens with zero attached hydrogens (tertiary/aromatic N) is 1. The lowest BCUT2D eigenvalue weighted by atomic mass is 9.71. The van der Waals surface area contributed by atoms with Gasteiger partial charge in [-0.25, -0.2) is 0 Å². The first kappa shape index (κ1) is 7.08. The molecule has 0 atom stereocenters. The van der Waals surface area contributed by atoms with Crippen LogP contribution in [0.15, 0.2) is 30.3 Å². The molecule has 0 aromatic heterocycles. The van der Waals surface area contributed by atoms with E-state index in [4.69, 9.17) is 12.3 Å². The number of hydrogen-bond donors (Lipinski definition) is 0. The molecule has 1 aromatic rings. The molecule has 2 rings (SSSR count). The van der Waals surface area contributed by atoms with E-state index < -0.39 is 44.2 Å². The summed E-state index contributed by atoms with van der Waals surface area (Å²) in [6, 6.07) is 8.89. The second-order valence-corrected chi connectivity index (χ2v) is 5.14. The molecule has 20 heavy (non-hydrogen) atoms. The normalized spacial score (nSPS) is 31.8. The molecule has 0 radical (unpaired) electrons. The van der Waals surface area contributed by atoms with E-state index in [1.165, 1.54) is 7.05 Å². The third kappa shape index (κ3) is 4.07. The summed E-state index contributed by atoms with van der Waals surface area (Å²) in [6.07, 6.45) is -0.746. The van der Waals surface area contributed by atoms with Gasteiger partial charge in [0.25, 0.3) is 0 Å². The summed E-state index contributed by atoms with van der Waals surface area (Å²) < 4.78 is 74.2. The molecule has 0 spiro atoms. The number of ether oxygens (including phenoxy) is 1. The molecule has 1 heterocycles. The van der Waals surface area contributed by atoms with Crippen molar-refractivity contribution in [3.63, 3.8) is 0 Å². The average Bonchev–Trinajstić information content (AvgIpc) is 2.50. The highest BCUT2D eigenvalue weighted by atomic mass is 16.5. The van der Waals surface area contributed by atoms with E-state index in [0.717, 1.165) is 10.5 Å². The summed E-state index contributed by atoms with van der Waals surface area (Å²) in [7, 11) is 1.33. The van der Waals surface area contributed by atoms with Crippen LogP contribution in [0.1, 0.15) is 44.0 Å². The monoisotopic (exact) mass is 284 g/mol. The maximum absolute atomic E-state index is 12.5. The van der Waals surface area contributed by atoms with Gasteiger partial charge in [0, 0.05) is 9.60 Å². The van der Waals surface area contributed by atoms with Crippen molar-refractivity contribution in [3.8, 4) is 0 Å². The number of esters is 1. The Hall–Kier alpha value is -1.35. The van der Waals surface area contributed by atoms with Gasteiger partial charge >= 0.3 is 5.97 Å². The van der Waals surface area contributed by atoms with Gasteiger partial charge in [-0.3, -0.25) is 4.79 Å². The summed E-state index contributed by atoms with van der Waals surface area (Å²) in [5, 5.41) is 0. The lowest BCUT2D eigenvalue weighted by molar-refractivity contribution is -0.146.